The Labute approximate surface area is 179 Å². The van der Waals surface area contributed by atoms with Crippen LogP contribution in [-0.2, 0) is 13.0 Å². The number of hydrogen-bond acceptors (Lipinski definition) is 5. The molecule has 5 rings (SSSR count). The van der Waals surface area contributed by atoms with E-state index in [4.69, 9.17) is 21.1 Å². The molecule has 0 N–H and O–H groups in total. The Bertz CT molecular complexity index is 1140. The minimum Gasteiger partial charge on any atom is -0.478 e. The minimum absolute atomic E-state index is 0.133. The molecule has 0 saturated heterocycles. The van der Waals surface area contributed by atoms with Crippen LogP contribution in [0.25, 0.3) is 6.08 Å². The van der Waals surface area contributed by atoms with Crippen LogP contribution in [0.4, 0.5) is 0 Å². The van der Waals surface area contributed by atoms with Crippen LogP contribution in [0, 0.1) is 0 Å². The van der Waals surface area contributed by atoms with Crippen LogP contribution in [0.2, 0.25) is 5.02 Å². The van der Waals surface area contributed by atoms with Gasteiger partial charge in [-0.3, -0.25) is 14.7 Å². The van der Waals surface area contributed by atoms with Crippen LogP contribution >= 0.6 is 11.6 Å². The first-order valence-electron chi connectivity index (χ1n) is 9.79. The van der Waals surface area contributed by atoms with Crippen LogP contribution < -0.4 is 9.47 Å². The third-order valence-corrected chi connectivity index (χ3v) is 5.67. The molecule has 1 aromatic heterocycles. The lowest BCUT2D eigenvalue weighted by molar-refractivity contribution is 0.0950. The van der Waals surface area contributed by atoms with Gasteiger partial charge in [0.05, 0.1) is 16.8 Å². The predicted octanol–water partition coefficient (Wildman–Crippen LogP) is 4.75. The van der Waals surface area contributed by atoms with E-state index in [0.29, 0.717) is 30.3 Å². The molecule has 0 aliphatic carbocycles. The van der Waals surface area contributed by atoms with Gasteiger partial charge in [0.15, 0.2) is 5.76 Å². The number of nitrogens with zero attached hydrogens (tertiary/aromatic N) is 2. The van der Waals surface area contributed by atoms with Gasteiger partial charge in [0.25, 0.3) is 0 Å². The van der Waals surface area contributed by atoms with Crippen molar-refractivity contribution in [2.45, 2.75) is 13.0 Å². The van der Waals surface area contributed by atoms with Gasteiger partial charge in [-0.1, -0.05) is 35.9 Å². The zero-order valence-electron chi connectivity index (χ0n) is 16.2. The zero-order valence-corrected chi connectivity index (χ0v) is 16.9. The number of benzene rings is 2. The van der Waals surface area contributed by atoms with Crippen LogP contribution in [-0.4, -0.2) is 28.9 Å². The number of aromatic nitrogens is 1. The van der Waals surface area contributed by atoms with Crippen molar-refractivity contribution < 1.29 is 14.3 Å². The molecule has 5 nitrogen and oxygen atoms in total. The summed E-state index contributed by atoms with van der Waals surface area (Å²) < 4.78 is 11.9. The average Bonchev–Trinajstić information content (AvgIpc) is 3.09. The summed E-state index contributed by atoms with van der Waals surface area (Å²) in [5.41, 5.74) is 3.25. The number of carbonyl (C=O) groups excluding carboxylic acids is 1. The van der Waals surface area contributed by atoms with Gasteiger partial charge in [-0.05, 0) is 42.3 Å². The fraction of sp³-hybridized carbons (Fsp3) is 0.167. The Morgan fingerprint density at radius 2 is 1.97 bits per heavy atom. The molecule has 0 bridgehead atoms. The lowest BCUT2D eigenvalue weighted by atomic mass is 10.0. The normalized spacial score (nSPS) is 16.7. The number of carbonyl (C=O) groups is 1. The number of rotatable bonds is 4. The third kappa shape index (κ3) is 3.58. The van der Waals surface area contributed by atoms with E-state index in [0.717, 1.165) is 34.9 Å². The molecular formula is C24H19ClN2O3. The van der Waals surface area contributed by atoms with Gasteiger partial charge < -0.3 is 9.47 Å². The van der Waals surface area contributed by atoms with Crippen LogP contribution in [0.1, 0.15) is 27.2 Å². The van der Waals surface area contributed by atoms with E-state index in [-0.39, 0.29) is 11.5 Å². The molecule has 0 spiro atoms. The molecular weight excluding hydrogens is 400 g/mol. The Hall–Kier alpha value is -3.15. The smallest absolute Gasteiger partial charge is 0.232 e. The van der Waals surface area contributed by atoms with Gasteiger partial charge in [-0.15, -0.1) is 0 Å². The Balaban J connectivity index is 1.37. The Morgan fingerprint density at radius 3 is 2.80 bits per heavy atom. The summed E-state index contributed by atoms with van der Waals surface area (Å²) in [5, 5.41) is 0.773. The molecule has 0 fully saturated rings. The van der Waals surface area contributed by atoms with Gasteiger partial charge in [-0.2, -0.15) is 0 Å². The van der Waals surface area contributed by atoms with E-state index >= 15 is 0 Å². The quantitative estimate of drug-likeness (QED) is 0.572. The SMILES string of the molecule is O=C1/C(=C/c2ccccn2)Oc2c1ccc1c2CN(CCc2ccccc2Cl)CO1. The maximum Gasteiger partial charge on any atom is 0.232 e. The van der Waals surface area contributed by atoms with Crippen molar-refractivity contribution in [3.8, 4) is 11.5 Å². The monoisotopic (exact) mass is 418 g/mol. The summed E-state index contributed by atoms with van der Waals surface area (Å²) in [6, 6.07) is 17.0. The molecule has 0 atom stereocenters. The number of ketones is 1. The van der Waals surface area contributed by atoms with E-state index in [1.807, 2.05) is 48.5 Å². The second-order valence-electron chi connectivity index (χ2n) is 7.28. The predicted molar refractivity (Wildman–Crippen MR) is 115 cm³/mol. The number of hydrogen-bond donors (Lipinski definition) is 0. The summed E-state index contributed by atoms with van der Waals surface area (Å²) in [4.78, 5) is 19.3. The molecule has 3 aromatic rings. The lowest BCUT2D eigenvalue weighted by Gasteiger charge is -2.29. The molecule has 2 aliphatic heterocycles. The molecule has 0 unspecified atom stereocenters. The van der Waals surface area contributed by atoms with Crippen molar-refractivity contribution in [3.63, 3.8) is 0 Å². The molecule has 2 aliphatic rings. The van der Waals surface area contributed by atoms with Crippen molar-refractivity contribution in [1.82, 2.24) is 9.88 Å². The van der Waals surface area contributed by atoms with Crippen LogP contribution in [0.15, 0.2) is 66.6 Å². The molecule has 150 valence electrons. The van der Waals surface area contributed by atoms with Crippen LogP contribution in [0.3, 0.4) is 0 Å². The summed E-state index contributed by atoms with van der Waals surface area (Å²) in [6.07, 6.45) is 4.18. The molecule has 6 heteroatoms. The van der Waals surface area contributed by atoms with Crippen molar-refractivity contribution >= 4 is 23.5 Å². The molecule has 30 heavy (non-hydrogen) atoms. The first-order chi connectivity index (χ1) is 14.7. The van der Waals surface area contributed by atoms with Gasteiger partial charge >= 0.3 is 0 Å². The maximum absolute atomic E-state index is 12.8. The van der Waals surface area contributed by atoms with Gasteiger partial charge in [0.1, 0.15) is 18.2 Å². The number of halogens is 1. The van der Waals surface area contributed by atoms with Crippen LogP contribution in [0.5, 0.6) is 11.5 Å². The van der Waals surface area contributed by atoms with Crippen molar-refractivity contribution in [1.29, 1.82) is 0 Å². The zero-order chi connectivity index (χ0) is 20.5. The third-order valence-electron chi connectivity index (χ3n) is 5.30. The highest BCUT2D eigenvalue weighted by molar-refractivity contribution is 6.31. The fourth-order valence-corrected chi connectivity index (χ4v) is 3.95. The summed E-state index contributed by atoms with van der Waals surface area (Å²) >= 11 is 6.28. The maximum atomic E-state index is 12.8. The second kappa shape index (κ2) is 7.94. The largest absolute Gasteiger partial charge is 0.478 e. The highest BCUT2D eigenvalue weighted by Gasteiger charge is 2.33. The highest BCUT2D eigenvalue weighted by atomic mass is 35.5. The number of allylic oxidation sites excluding steroid dienone is 1. The summed E-state index contributed by atoms with van der Waals surface area (Å²) in [5.74, 6) is 1.49. The number of fused-ring (bicyclic) bond motifs is 3. The van der Waals surface area contributed by atoms with E-state index in [1.165, 1.54) is 0 Å². The number of ether oxygens (including phenoxy) is 2. The molecule has 3 heterocycles. The van der Waals surface area contributed by atoms with Gasteiger partial charge in [-0.25, -0.2) is 0 Å². The summed E-state index contributed by atoms with van der Waals surface area (Å²) in [6.45, 7) is 1.92. The van der Waals surface area contributed by atoms with Gasteiger partial charge in [0.2, 0.25) is 5.78 Å². The molecule has 0 radical (unpaired) electrons. The van der Waals surface area contributed by atoms with E-state index in [9.17, 15) is 4.79 Å². The molecule has 0 saturated carbocycles. The Morgan fingerprint density at radius 1 is 1.10 bits per heavy atom. The highest BCUT2D eigenvalue weighted by Crippen LogP contribution is 2.42. The first kappa shape index (κ1) is 18.9. The van der Waals surface area contributed by atoms with Crippen molar-refractivity contribution in [3.05, 3.63) is 94.0 Å². The molecule has 2 aromatic carbocycles. The van der Waals surface area contributed by atoms with Crippen molar-refractivity contribution in [2.24, 2.45) is 0 Å². The summed E-state index contributed by atoms with van der Waals surface area (Å²) in [7, 11) is 0. The van der Waals surface area contributed by atoms with E-state index < -0.39 is 0 Å². The molecule has 0 amide bonds. The Kier molecular flexibility index (Phi) is 4.99. The number of Topliss-reactive ketones (excluding diaryl/α,β-unsaturated/α-hetero) is 1. The lowest BCUT2D eigenvalue weighted by Crippen LogP contribution is -2.33. The minimum atomic E-state index is -0.133. The topological polar surface area (TPSA) is 51.7 Å². The van der Waals surface area contributed by atoms with E-state index in [1.54, 1.807) is 18.3 Å². The number of pyridine rings is 1. The van der Waals surface area contributed by atoms with Crippen molar-refractivity contribution in [2.75, 3.05) is 13.3 Å². The average molecular weight is 419 g/mol. The second-order valence-corrected chi connectivity index (χ2v) is 7.69. The van der Waals surface area contributed by atoms with E-state index in [2.05, 4.69) is 9.88 Å². The fourth-order valence-electron chi connectivity index (χ4n) is 3.72. The standard InChI is InChI=1S/C24H19ClN2O3/c25-20-7-2-1-5-16(20)10-12-27-14-19-21(29-15-27)9-8-18-23(28)22(30-24(18)19)13-17-6-3-4-11-26-17/h1-9,11,13H,10,12,14-15H2/b22-13-. The van der Waals surface area contributed by atoms with Gasteiger partial charge in [0, 0.05) is 30.4 Å². The first-order valence-corrected chi connectivity index (χ1v) is 10.2.